The Hall–Kier alpha value is -3.27. The highest BCUT2D eigenvalue weighted by Gasteiger charge is 2.50. The molecule has 0 spiro atoms. The quantitative estimate of drug-likeness (QED) is 0.377. The van der Waals surface area contributed by atoms with E-state index in [1.807, 2.05) is 39.1 Å². The molecule has 3 atom stereocenters. The van der Waals surface area contributed by atoms with Gasteiger partial charge >= 0.3 is 0 Å². The Morgan fingerprint density at radius 1 is 1.06 bits per heavy atom. The number of hydrogen-bond acceptors (Lipinski definition) is 7. The van der Waals surface area contributed by atoms with Gasteiger partial charge < -0.3 is 25.5 Å². The summed E-state index contributed by atoms with van der Waals surface area (Å²) in [4.78, 5) is 13.2. The highest BCUT2D eigenvalue weighted by Crippen LogP contribution is 2.45. The molecule has 1 aliphatic heterocycles. The molecule has 3 aromatic heterocycles. The molecule has 8 nitrogen and oxygen atoms in total. The SMILES string of the molecule is Cc1nc(N)c2ccn([C@@H]3C=C(CCc4cc(F)c5cc(Cl)c(N)nc5c4)[C@H]4OC(C)(C)O[C@H]43)c2n1. The van der Waals surface area contributed by atoms with E-state index in [0.29, 0.717) is 35.4 Å². The molecule has 4 N–H and O–H groups in total. The molecule has 1 aliphatic carbocycles. The van der Waals surface area contributed by atoms with Crippen molar-refractivity contribution in [1.29, 1.82) is 0 Å². The smallest absolute Gasteiger partial charge is 0.164 e. The summed E-state index contributed by atoms with van der Waals surface area (Å²) in [7, 11) is 0. The van der Waals surface area contributed by atoms with Crippen LogP contribution < -0.4 is 11.5 Å². The van der Waals surface area contributed by atoms with Gasteiger partial charge in [0.2, 0.25) is 0 Å². The number of aromatic nitrogens is 4. The van der Waals surface area contributed by atoms with Crippen LogP contribution in [-0.4, -0.2) is 37.5 Å². The summed E-state index contributed by atoms with van der Waals surface area (Å²) >= 11 is 6.03. The molecule has 1 saturated heterocycles. The number of nitrogen functional groups attached to an aromatic ring is 2. The van der Waals surface area contributed by atoms with E-state index in [9.17, 15) is 4.39 Å². The Kier molecular flexibility index (Phi) is 5.22. The Morgan fingerprint density at radius 2 is 1.86 bits per heavy atom. The van der Waals surface area contributed by atoms with Gasteiger partial charge in [-0.15, -0.1) is 0 Å². The van der Waals surface area contributed by atoms with E-state index in [0.717, 1.165) is 22.2 Å². The zero-order chi connectivity index (χ0) is 25.4. The number of pyridine rings is 1. The van der Waals surface area contributed by atoms with Crippen LogP contribution >= 0.6 is 11.6 Å². The van der Waals surface area contributed by atoms with Crippen LogP contribution in [0.25, 0.3) is 21.9 Å². The van der Waals surface area contributed by atoms with E-state index in [-0.39, 0.29) is 34.9 Å². The zero-order valence-electron chi connectivity index (χ0n) is 20.1. The molecule has 36 heavy (non-hydrogen) atoms. The van der Waals surface area contributed by atoms with Crippen molar-refractivity contribution >= 4 is 45.2 Å². The number of anilines is 2. The van der Waals surface area contributed by atoms with E-state index < -0.39 is 5.79 Å². The summed E-state index contributed by atoms with van der Waals surface area (Å²) < 4.78 is 29.5. The number of ether oxygens (including phenoxy) is 2. The average molecular weight is 509 g/mol. The molecular formula is C26H26ClFN6O2. The van der Waals surface area contributed by atoms with Gasteiger partial charge in [-0.05, 0) is 69.0 Å². The number of benzene rings is 1. The molecule has 0 radical (unpaired) electrons. The molecule has 4 aromatic rings. The Balaban J connectivity index is 1.34. The normalized spacial score (nSPS) is 22.9. The number of fused-ring (bicyclic) bond motifs is 3. The monoisotopic (exact) mass is 508 g/mol. The Morgan fingerprint density at radius 3 is 2.67 bits per heavy atom. The maximum atomic E-state index is 14.8. The van der Waals surface area contributed by atoms with Crippen LogP contribution in [0.4, 0.5) is 16.0 Å². The molecule has 0 bridgehead atoms. The summed E-state index contributed by atoms with van der Waals surface area (Å²) in [6.45, 7) is 5.65. The predicted molar refractivity (Wildman–Crippen MR) is 137 cm³/mol. The van der Waals surface area contributed by atoms with Crippen LogP contribution in [0, 0.1) is 12.7 Å². The molecule has 1 aromatic carbocycles. The number of nitrogens with two attached hydrogens (primary N) is 2. The van der Waals surface area contributed by atoms with Crippen LogP contribution in [0.15, 0.2) is 42.1 Å². The van der Waals surface area contributed by atoms with E-state index in [1.54, 1.807) is 0 Å². The molecule has 1 fully saturated rings. The third-order valence-corrected chi connectivity index (χ3v) is 7.18. The molecule has 0 saturated carbocycles. The lowest BCUT2D eigenvalue weighted by atomic mass is 10.0. The molecule has 4 heterocycles. The van der Waals surface area contributed by atoms with Crippen LogP contribution in [0.5, 0.6) is 0 Å². The first-order valence-electron chi connectivity index (χ1n) is 11.8. The van der Waals surface area contributed by atoms with Crippen molar-refractivity contribution < 1.29 is 13.9 Å². The lowest BCUT2D eigenvalue weighted by molar-refractivity contribution is -0.147. The Bertz CT molecular complexity index is 1570. The molecule has 6 rings (SSSR count). The van der Waals surface area contributed by atoms with Crippen LogP contribution in [0.3, 0.4) is 0 Å². The van der Waals surface area contributed by atoms with Gasteiger partial charge in [-0.1, -0.05) is 17.7 Å². The van der Waals surface area contributed by atoms with Crippen LogP contribution in [0.2, 0.25) is 5.02 Å². The maximum Gasteiger partial charge on any atom is 0.164 e. The van der Waals surface area contributed by atoms with Crippen LogP contribution in [0.1, 0.15) is 37.7 Å². The molecule has 0 unspecified atom stereocenters. The minimum atomic E-state index is -0.726. The topological polar surface area (TPSA) is 114 Å². The standard InChI is InChI=1S/C26H26ClFN6O2/c1-12-31-23(29)15-6-7-34(25(15)32-12)20-10-14(21-22(20)36-26(2,3)35-21)5-4-13-8-18(28)16-11-17(27)24(30)33-19(16)9-13/h6-11,20-22H,4-5H2,1-3H3,(H2,30,33)(H2,29,31,32)/t20-,21-,22+/m1/s1. The number of hydrogen-bond donors (Lipinski definition) is 2. The Labute approximate surface area is 212 Å². The third kappa shape index (κ3) is 3.78. The van der Waals surface area contributed by atoms with E-state index >= 15 is 0 Å². The number of rotatable bonds is 4. The first-order valence-corrected chi connectivity index (χ1v) is 12.2. The number of nitrogens with zero attached hydrogens (tertiary/aromatic N) is 4. The van der Waals surface area contributed by atoms with Gasteiger partial charge in [0.05, 0.1) is 22.0 Å². The van der Waals surface area contributed by atoms with Gasteiger partial charge in [0.25, 0.3) is 0 Å². The van der Waals surface area contributed by atoms with Gasteiger partial charge in [0.1, 0.15) is 41.1 Å². The number of halogens is 2. The first-order chi connectivity index (χ1) is 17.1. The lowest BCUT2D eigenvalue weighted by Crippen LogP contribution is -2.28. The largest absolute Gasteiger partial charge is 0.383 e. The summed E-state index contributed by atoms with van der Waals surface area (Å²) in [5.74, 6) is 0.142. The van der Waals surface area contributed by atoms with Crippen molar-refractivity contribution in [3.63, 3.8) is 0 Å². The highest BCUT2D eigenvalue weighted by molar-refractivity contribution is 6.33. The van der Waals surface area contributed by atoms with E-state index in [2.05, 4.69) is 25.6 Å². The predicted octanol–water partition coefficient (Wildman–Crippen LogP) is 4.88. The van der Waals surface area contributed by atoms with Gasteiger partial charge in [-0.3, -0.25) is 0 Å². The fourth-order valence-corrected chi connectivity index (χ4v) is 5.47. The second-order valence-corrected chi connectivity index (χ2v) is 10.3. The zero-order valence-corrected chi connectivity index (χ0v) is 20.9. The minimum absolute atomic E-state index is 0.130. The lowest BCUT2D eigenvalue weighted by Gasteiger charge is -2.22. The van der Waals surface area contributed by atoms with Crippen molar-refractivity contribution in [3.8, 4) is 0 Å². The maximum absolute atomic E-state index is 14.8. The van der Waals surface area contributed by atoms with Crippen molar-refractivity contribution in [2.24, 2.45) is 0 Å². The van der Waals surface area contributed by atoms with Gasteiger partial charge in [0.15, 0.2) is 5.79 Å². The third-order valence-electron chi connectivity index (χ3n) is 6.88. The second kappa shape index (κ2) is 8.12. The summed E-state index contributed by atoms with van der Waals surface area (Å²) in [5.41, 5.74) is 15.1. The summed E-state index contributed by atoms with van der Waals surface area (Å²) in [6, 6.07) is 6.69. The first kappa shape index (κ1) is 23.1. The molecule has 10 heteroatoms. The average Bonchev–Trinajstić information content (AvgIpc) is 3.44. The molecule has 2 aliphatic rings. The van der Waals surface area contributed by atoms with E-state index in [4.69, 9.17) is 32.5 Å². The minimum Gasteiger partial charge on any atom is -0.383 e. The highest BCUT2D eigenvalue weighted by atomic mass is 35.5. The van der Waals surface area contributed by atoms with Crippen molar-refractivity contribution in [1.82, 2.24) is 19.5 Å². The molecule has 0 amide bonds. The van der Waals surface area contributed by atoms with Crippen LogP contribution in [-0.2, 0) is 15.9 Å². The second-order valence-electron chi connectivity index (χ2n) is 9.87. The van der Waals surface area contributed by atoms with Crippen molar-refractivity contribution in [2.45, 2.75) is 57.6 Å². The van der Waals surface area contributed by atoms with Crippen molar-refractivity contribution in [3.05, 3.63) is 64.3 Å². The van der Waals surface area contributed by atoms with Gasteiger partial charge in [0, 0.05) is 11.6 Å². The van der Waals surface area contributed by atoms with E-state index in [1.165, 1.54) is 12.1 Å². The fraction of sp³-hybridized carbons (Fsp3) is 0.346. The fourth-order valence-electron chi connectivity index (χ4n) is 5.32. The molecule has 186 valence electrons. The molecular weight excluding hydrogens is 483 g/mol. The van der Waals surface area contributed by atoms with Gasteiger partial charge in [-0.2, -0.15) is 0 Å². The summed E-state index contributed by atoms with van der Waals surface area (Å²) in [6.07, 6.45) is 4.96. The van der Waals surface area contributed by atoms with Gasteiger partial charge in [-0.25, -0.2) is 19.3 Å². The summed E-state index contributed by atoms with van der Waals surface area (Å²) in [5, 5.41) is 1.39. The van der Waals surface area contributed by atoms with Crippen molar-refractivity contribution in [2.75, 3.05) is 11.5 Å². The number of aryl methyl sites for hydroxylation is 2.